The van der Waals surface area contributed by atoms with Crippen molar-refractivity contribution in [2.45, 2.75) is 78.6 Å². The number of fused-ring (bicyclic) bond motifs is 1. The minimum Gasteiger partial charge on any atom is -0.444 e. The molecular weight excluding hydrogens is 679 g/mol. The number of nitrogen functional groups attached to an aromatic ring is 1. The quantitative estimate of drug-likeness (QED) is 0.100. The van der Waals surface area contributed by atoms with E-state index < -0.39 is 64.5 Å². The average Bonchev–Trinajstić information content (AvgIpc) is 3.45. The predicted molar refractivity (Wildman–Crippen MR) is 180 cm³/mol. The van der Waals surface area contributed by atoms with Crippen LogP contribution in [0, 0.1) is 10.8 Å². The van der Waals surface area contributed by atoms with E-state index in [1.807, 2.05) is 0 Å². The monoisotopic (exact) mass is 719 g/mol. The normalized spacial score (nSPS) is 20.8. The maximum Gasteiger partial charge on any atom is 0.407 e. The molecule has 2 aliphatic heterocycles. The lowest BCUT2D eigenvalue weighted by Crippen LogP contribution is -2.73. The van der Waals surface area contributed by atoms with Crippen molar-refractivity contribution in [1.82, 2.24) is 24.9 Å². The summed E-state index contributed by atoms with van der Waals surface area (Å²) >= 11 is 2.18. The van der Waals surface area contributed by atoms with Crippen molar-refractivity contribution >= 4 is 64.0 Å². The van der Waals surface area contributed by atoms with E-state index in [0.29, 0.717) is 5.75 Å². The molecule has 3 amide bonds. The van der Waals surface area contributed by atoms with Crippen molar-refractivity contribution in [2.24, 2.45) is 16.0 Å². The first kappa shape index (κ1) is 37.4. The number of carbonyl (C=O) groups is 5. The molecule has 4 N–H and O–H groups in total. The van der Waals surface area contributed by atoms with Crippen LogP contribution in [0.25, 0.3) is 0 Å². The highest BCUT2D eigenvalue weighted by Gasteiger charge is 2.56. The van der Waals surface area contributed by atoms with Crippen LogP contribution in [0.5, 0.6) is 0 Å². The van der Waals surface area contributed by atoms with E-state index in [1.165, 1.54) is 16.7 Å². The van der Waals surface area contributed by atoms with Crippen LogP contribution in [0.4, 0.5) is 9.93 Å². The maximum atomic E-state index is 13.4. The van der Waals surface area contributed by atoms with E-state index in [9.17, 15) is 24.0 Å². The van der Waals surface area contributed by atoms with Gasteiger partial charge in [0.25, 0.3) is 5.91 Å². The molecule has 18 heteroatoms. The fourth-order valence-corrected chi connectivity index (χ4v) is 6.41. The van der Waals surface area contributed by atoms with E-state index in [2.05, 4.69) is 25.1 Å². The number of benzene rings is 1. The molecule has 0 saturated carbocycles. The summed E-state index contributed by atoms with van der Waals surface area (Å²) in [6.45, 7) is 11.9. The zero-order chi connectivity index (χ0) is 36.1. The van der Waals surface area contributed by atoms with Crippen molar-refractivity contribution in [3.63, 3.8) is 0 Å². The highest BCUT2D eigenvalue weighted by Crippen LogP contribution is 2.42. The van der Waals surface area contributed by atoms with Crippen LogP contribution >= 0.6 is 23.3 Å². The number of hydrogen-bond donors (Lipinski definition) is 3. The third-order valence-electron chi connectivity index (χ3n) is 7.12. The predicted octanol–water partition coefficient (Wildman–Crippen LogP) is 2.56. The second-order valence-corrected chi connectivity index (χ2v) is 15.6. The molecule has 3 atom stereocenters. The molecule has 3 heterocycles. The molecule has 1 aromatic heterocycles. The molecule has 2 fully saturated rings. The number of ether oxygens (including phenoxy) is 3. The third-order valence-corrected chi connectivity index (χ3v) is 9.33. The molecule has 0 spiro atoms. The summed E-state index contributed by atoms with van der Waals surface area (Å²) in [5.41, 5.74) is 4.64. The van der Waals surface area contributed by atoms with Gasteiger partial charge in [0, 0.05) is 30.4 Å². The number of nitrogens with two attached hydrogens (primary N) is 1. The van der Waals surface area contributed by atoms with Gasteiger partial charge in [0.1, 0.15) is 23.6 Å². The van der Waals surface area contributed by atoms with Gasteiger partial charge in [0.05, 0.1) is 10.8 Å². The average molecular weight is 720 g/mol. The van der Waals surface area contributed by atoms with Crippen molar-refractivity contribution < 1.29 is 43.0 Å². The lowest BCUT2D eigenvalue weighted by molar-refractivity contribution is -0.180. The number of esters is 2. The van der Waals surface area contributed by atoms with Crippen molar-refractivity contribution in [3.05, 3.63) is 41.2 Å². The SMILES string of the molecule is CC(C)(C)OC(=O)NCc1ccc(CON=C(C(=O)NC2C(=O)N3CC(C)(C(=O)OCOC(=O)C(C)(C)C)CS[C@H]23)c2nsc(N)n2)cc1. The molecular formula is C31H41N7O9S2. The van der Waals surface area contributed by atoms with Gasteiger partial charge in [-0.15, -0.1) is 11.8 Å². The zero-order valence-corrected chi connectivity index (χ0v) is 30.0. The molecule has 4 rings (SSSR count). The first-order valence-electron chi connectivity index (χ1n) is 15.3. The zero-order valence-electron chi connectivity index (χ0n) is 28.4. The molecule has 1 aromatic carbocycles. The van der Waals surface area contributed by atoms with E-state index >= 15 is 0 Å². The van der Waals surface area contributed by atoms with Gasteiger partial charge in [-0.05, 0) is 59.6 Å². The van der Waals surface area contributed by atoms with E-state index in [4.69, 9.17) is 24.8 Å². The second-order valence-electron chi connectivity index (χ2n) is 13.8. The van der Waals surface area contributed by atoms with Gasteiger partial charge in [0.15, 0.2) is 5.13 Å². The Kier molecular flexibility index (Phi) is 11.4. The molecule has 266 valence electrons. The Hall–Kier alpha value is -4.45. The standard InChI is InChI=1S/C31H41N7O9S2/c1-29(2,3)25(41)44-16-45-26(42)31(7)14-38-23(40)20(24(38)48-15-31)34-22(39)19(21-35-27(32)49-37-21)36-46-13-18-10-8-17(9-11-18)12-33-28(43)47-30(4,5)6/h8-11,20,24H,12-16H2,1-7H3,(H,33,43)(H,34,39)(H2,32,35,37)/t20?,24-,31?/m1/s1. The molecule has 0 aliphatic carbocycles. The fourth-order valence-electron chi connectivity index (χ4n) is 4.49. The van der Waals surface area contributed by atoms with E-state index in [-0.39, 0.29) is 36.4 Å². The number of aromatic nitrogens is 2. The summed E-state index contributed by atoms with van der Waals surface area (Å²) in [5, 5.41) is 9.04. The Morgan fingerprint density at radius 1 is 1.08 bits per heavy atom. The van der Waals surface area contributed by atoms with Gasteiger partial charge >= 0.3 is 18.0 Å². The Balaban J connectivity index is 1.32. The lowest BCUT2D eigenvalue weighted by Gasteiger charge is -2.53. The minimum atomic E-state index is -1.05. The van der Waals surface area contributed by atoms with Crippen LogP contribution in [-0.4, -0.2) is 85.9 Å². The summed E-state index contributed by atoms with van der Waals surface area (Å²) in [7, 11) is 0. The second kappa shape index (κ2) is 15.0. The highest BCUT2D eigenvalue weighted by molar-refractivity contribution is 8.00. The van der Waals surface area contributed by atoms with Gasteiger partial charge in [0.2, 0.25) is 24.2 Å². The number of thioether (sulfide) groups is 1. The number of oxime groups is 1. The molecule has 2 unspecified atom stereocenters. The molecule has 16 nitrogen and oxygen atoms in total. The minimum absolute atomic E-state index is 0.00508. The van der Waals surface area contributed by atoms with Crippen LogP contribution in [0.15, 0.2) is 29.4 Å². The molecule has 2 aliphatic rings. The molecule has 49 heavy (non-hydrogen) atoms. The van der Waals surface area contributed by atoms with Gasteiger partial charge in [-0.3, -0.25) is 19.2 Å². The largest absolute Gasteiger partial charge is 0.444 e. The third kappa shape index (κ3) is 9.81. The van der Waals surface area contributed by atoms with Gasteiger partial charge in [-0.25, -0.2) is 4.79 Å². The van der Waals surface area contributed by atoms with Crippen LogP contribution in [0.3, 0.4) is 0 Å². The van der Waals surface area contributed by atoms with Crippen LogP contribution in [-0.2, 0) is 51.4 Å². The number of rotatable bonds is 11. The first-order valence-corrected chi connectivity index (χ1v) is 17.1. The lowest BCUT2D eigenvalue weighted by atomic mass is 9.89. The number of anilines is 1. The van der Waals surface area contributed by atoms with Crippen LogP contribution in [0.1, 0.15) is 65.4 Å². The van der Waals surface area contributed by atoms with E-state index in [1.54, 1.807) is 72.7 Å². The van der Waals surface area contributed by atoms with Crippen molar-refractivity contribution in [3.8, 4) is 0 Å². The highest BCUT2D eigenvalue weighted by atomic mass is 32.2. The number of alkyl carbamates (subject to hydrolysis) is 1. The molecule has 0 radical (unpaired) electrons. The fraction of sp³-hybridized carbons (Fsp3) is 0.548. The Bertz CT molecular complexity index is 1600. The molecule has 0 bridgehead atoms. The number of hydrogen-bond acceptors (Lipinski definition) is 15. The van der Waals surface area contributed by atoms with Gasteiger partial charge in [-0.1, -0.05) is 29.4 Å². The number of β-lactam (4-membered cyclic amide) rings is 1. The number of amides is 3. The van der Waals surface area contributed by atoms with Gasteiger partial charge < -0.3 is 40.3 Å². The Labute approximate surface area is 292 Å². The number of carbonyl (C=O) groups excluding carboxylic acids is 5. The topological polar surface area (TPSA) is 214 Å². The summed E-state index contributed by atoms with van der Waals surface area (Å²) in [6, 6.07) is 6.28. The van der Waals surface area contributed by atoms with Crippen molar-refractivity contribution in [1.29, 1.82) is 0 Å². The van der Waals surface area contributed by atoms with E-state index in [0.717, 1.165) is 22.7 Å². The Morgan fingerprint density at radius 3 is 2.37 bits per heavy atom. The van der Waals surface area contributed by atoms with Gasteiger partial charge in [-0.2, -0.15) is 9.36 Å². The van der Waals surface area contributed by atoms with Crippen molar-refractivity contribution in [2.75, 3.05) is 24.8 Å². The number of nitrogens with one attached hydrogen (secondary N) is 2. The smallest absolute Gasteiger partial charge is 0.407 e. The maximum absolute atomic E-state index is 13.4. The Morgan fingerprint density at radius 2 is 1.76 bits per heavy atom. The molecule has 2 saturated heterocycles. The summed E-state index contributed by atoms with van der Waals surface area (Å²) in [6.07, 6.45) is -0.523. The molecule has 2 aromatic rings. The number of nitrogens with zero attached hydrogens (tertiary/aromatic N) is 4. The summed E-state index contributed by atoms with van der Waals surface area (Å²) in [5.74, 6) is -2.02. The summed E-state index contributed by atoms with van der Waals surface area (Å²) < 4.78 is 19.5. The first-order chi connectivity index (χ1) is 22.9. The van der Waals surface area contributed by atoms with Crippen LogP contribution < -0.4 is 16.4 Å². The van der Waals surface area contributed by atoms with Crippen LogP contribution in [0.2, 0.25) is 0 Å². The summed E-state index contributed by atoms with van der Waals surface area (Å²) in [4.78, 5) is 74.2.